The summed E-state index contributed by atoms with van der Waals surface area (Å²) in [5, 5.41) is 2.78. The van der Waals surface area contributed by atoms with E-state index in [4.69, 9.17) is 5.73 Å². The zero-order chi connectivity index (χ0) is 13.3. The third-order valence-corrected chi connectivity index (χ3v) is 3.43. The first-order valence-electron chi connectivity index (χ1n) is 5.93. The van der Waals surface area contributed by atoms with Gasteiger partial charge in [-0.05, 0) is 37.8 Å². The van der Waals surface area contributed by atoms with Crippen LogP contribution in [0.25, 0.3) is 0 Å². The normalized spacial score (nSPS) is 18.2. The summed E-state index contributed by atoms with van der Waals surface area (Å²) >= 11 is 0. The lowest BCUT2D eigenvalue weighted by molar-refractivity contribution is 0.0897. The fraction of sp³-hybridized carbons (Fsp3) is 0.462. The van der Waals surface area contributed by atoms with Crippen molar-refractivity contribution in [3.8, 4) is 0 Å². The van der Waals surface area contributed by atoms with Crippen LogP contribution >= 0.6 is 0 Å². The molecule has 3 nitrogen and oxygen atoms in total. The first kappa shape index (κ1) is 13.0. The number of carbonyl (C=O) groups excluding carboxylic acids is 1. The molecule has 0 spiro atoms. The number of hydrogen-bond acceptors (Lipinski definition) is 2. The van der Waals surface area contributed by atoms with E-state index in [9.17, 15) is 13.6 Å². The van der Waals surface area contributed by atoms with Gasteiger partial charge < -0.3 is 11.1 Å². The van der Waals surface area contributed by atoms with E-state index >= 15 is 0 Å². The lowest BCUT2D eigenvalue weighted by Crippen LogP contribution is -2.53. The smallest absolute Gasteiger partial charge is 0.251 e. The van der Waals surface area contributed by atoms with E-state index in [1.165, 1.54) is 0 Å². The van der Waals surface area contributed by atoms with Crippen LogP contribution in [0.5, 0.6) is 0 Å². The second kappa shape index (κ2) is 4.65. The molecule has 0 aromatic heterocycles. The maximum absolute atomic E-state index is 13.0. The van der Waals surface area contributed by atoms with Gasteiger partial charge in [0.25, 0.3) is 5.91 Å². The molecule has 0 aliphatic heterocycles. The Balaban J connectivity index is 2.16. The molecule has 1 aromatic carbocycles. The maximum atomic E-state index is 13.0. The number of carbonyl (C=O) groups is 1. The predicted octanol–water partition coefficient (Wildman–Crippen LogP) is 1.82. The quantitative estimate of drug-likeness (QED) is 0.861. The lowest BCUT2D eigenvalue weighted by atomic mass is 9.95. The molecule has 1 unspecified atom stereocenters. The van der Waals surface area contributed by atoms with Crippen molar-refractivity contribution in [2.75, 3.05) is 6.54 Å². The standard InChI is InChI=1S/C13H16F2N2O/c1-13(7-16,9-2-3-9)17-12(18)8-4-10(14)6-11(15)5-8/h4-6,9H,2-3,7,16H2,1H3,(H,17,18). The van der Waals surface area contributed by atoms with Crippen molar-refractivity contribution in [2.24, 2.45) is 11.7 Å². The molecule has 0 saturated heterocycles. The van der Waals surface area contributed by atoms with Gasteiger partial charge in [-0.3, -0.25) is 4.79 Å². The highest BCUT2D eigenvalue weighted by Crippen LogP contribution is 2.39. The van der Waals surface area contributed by atoms with Crippen LogP contribution in [-0.4, -0.2) is 18.0 Å². The first-order chi connectivity index (χ1) is 8.44. The molecular weight excluding hydrogens is 238 g/mol. The largest absolute Gasteiger partial charge is 0.345 e. The number of nitrogens with two attached hydrogens (primary N) is 1. The third-order valence-electron chi connectivity index (χ3n) is 3.43. The van der Waals surface area contributed by atoms with Crippen LogP contribution in [0.3, 0.4) is 0 Å². The van der Waals surface area contributed by atoms with Gasteiger partial charge in [-0.25, -0.2) is 8.78 Å². The van der Waals surface area contributed by atoms with Gasteiger partial charge in [-0.2, -0.15) is 0 Å². The summed E-state index contributed by atoms with van der Waals surface area (Å²) in [6.45, 7) is 2.17. The second-order valence-electron chi connectivity index (χ2n) is 5.01. The first-order valence-corrected chi connectivity index (χ1v) is 5.93. The van der Waals surface area contributed by atoms with E-state index in [1.807, 2.05) is 6.92 Å². The zero-order valence-corrected chi connectivity index (χ0v) is 10.2. The molecule has 3 N–H and O–H groups in total. The van der Waals surface area contributed by atoms with Crippen molar-refractivity contribution in [3.05, 3.63) is 35.4 Å². The van der Waals surface area contributed by atoms with Crippen molar-refractivity contribution in [3.63, 3.8) is 0 Å². The molecule has 98 valence electrons. The van der Waals surface area contributed by atoms with Crippen LogP contribution in [0.1, 0.15) is 30.1 Å². The summed E-state index contributed by atoms with van der Waals surface area (Å²) in [5.41, 5.74) is 5.15. The summed E-state index contributed by atoms with van der Waals surface area (Å²) < 4.78 is 26.1. The number of rotatable bonds is 4. The van der Waals surface area contributed by atoms with E-state index in [0.29, 0.717) is 12.5 Å². The predicted molar refractivity (Wildman–Crippen MR) is 64.0 cm³/mol. The molecule has 1 atom stereocenters. The van der Waals surface area contributed by atoms with Crippen LogP contribution in [0.4, 0.5) is 8.78 Å². The minimum atomic E-state index is -0.763. The number of hydrogen-bond donors (Lipinski definition) is 2. The van der Waals surface area contributed by atoms with Crippen LogP contribution < -0.4 is 11.1 Å². The van der Waals surface area contributed by atoms with Crippen molar-refractivity contribution in [1.82, 2.24) is 5.32 Å². The Morgan fingerprint density at radius 2 is 1.94 bits per heavy atom. The van der Waals surface area contributed by atoms with Gasteiger partial charge in [0.05, 0.1) is 5.54 Å². The highest BCUT2D eigenvalue weighted by molar-refractivity contribution is 5.94. The maximum Gasteiger partial charge on any atom is 0.251 e. The molecule has 1 aliphatic carbocycles. The lowest BCUT2D eigenvalue weighted by Gasteiger charge is -2.29. The molecule has 2 rings (SSSR count). The van der Waals surface area contributed by atoms with Gasteiger partial charge in [0.1, 0.15) is 11.6 Å². The molecule has 5 heteroatoms. The molecule has 1 aromatic rings. The van der Waals surface area contributed by atoms with E-state index in [1.54, 1.807) is 0 Å². The van der Waals surface area contributed by atoms with Gasteiger partial charge in [0.2, 0.25) is 0 Å². The minimum absolute atomic E-state index is 0.0205. The summed E-state index contributed by atoms with van der Waals surface area (Å²) in [5.74, 6) is -1.67. The molecule has 0 bridgehead atoms. The molecular formula is C13H16F2N2O. The number of nitrogens with one attached hydrogen (secondary N) is 1. The van der Waals surface area contributed by atoms with E-state index < -0.39 is 23.1 Å². The number of amides is 1. The van der Waals surface area contributed by atoms with Crippen molar-refractivity contribution in [1.29, 1.82) is 0 Å². The van der Waals surface area contributed by atoms with Crippen LogP contribution in [0.2, 0.25) is 0 Å². The molecule has 1 amide bonds. The Morgan fingerprint density at radius 1 is 1.39 bits per heavy atom. The summed E-state index contributed by atoms with van der Waals surface area (Å²) in [4.78, 5) is 12.0. The highest BCUT2D eigenvalue weighted by Gasteiger charge is 2.41. The van der Waals surface area contributed by atoms with Crippen LogP contribution in [0, 0.1) is 17.6 Å². The van der Waals surface area contributed by atoms with E-state index in [-0.39, 0.29) is 5.56 Å². The minimum Gasteiger partial charge on any atom is -0.345 e. The van der Waals surface area contributed by atoms with Crippen molar-refractivity contribution >= 4 is 5.91 Å². The van der Waals surface area contributed by atoms with Gasteiger partial charge in [-0.1, -0.05) is 0 Å². The monoisotopic (exact) mass is 254 g/mol. The van der Waals surface area contributed by atoms with E-state index in [0.717, 1.165) is 31.0 Å². The molecule has 0 radical (unpaired) electrons. The molecule has 1 aliphatic rings. The molecule has 1 fully saturated rings. The van der Waals surface area contributed by atoms with E-state index in [2.05, 4.69) is 5.32 Å². The number of halogens is 2. The van der Waals surface area contributed by atoms with Crippen molar-refractivity contribution in [2.45, 2.75) is 25.3 Å². The Labute approximate surface area is 104 Å². The molecule has 18 heavy (non-hydrogen) atoms. The fourth-order valence-electron chi connectivity index (χ4n) is 2.06. The SMILES string of the molecule is CC(CN)(NC(=O)c1cc(F)cc(F)c1)C1CC1. The highest BCUT2D eigenvalue weighted by atomic mass is 19.1. The van der Waals surface area contributed by atoms with Gasteiger partial charge in [0, 0.05) is 18.2 Å². The van der Waals surface area contributed by atoms with Crippen LogP contribution in [0.15, 0.2) is 18.2 Å². The second-order valence-corrected chi connectivity index (χ2v) is 5.01. The molecule has 0 heterocycles. The zero-order valence-electron chi connectivity index (χ0n) is 10.2. The fourth-order valence-corrected chi connectivity index (χ4v) is 2.06. The average molecular weight is 254 g/mol. The Morgan fingerprint density at radius 3 is 2.39 bits per heavy atom. The summed E-state index contributed by atoms with van der Waals surface area (Å²) in [6.07, 6.45) is 2.04. The summed E-state index contributed by atoms with van der Waals surface area (Å²) in [7, 11) is 0. The third kappa shape index (κ3) is 2.67. The van der Waals surface area contributed by atoms with Crippen LogP contribution in [-0.2, 0) is 0 Å². The molecule has 1 saturated carbocycles. The van der Waals surface area contributed by atoms with Gasteiger partial charge in [0.15, 0.2) is 0 Å². The van der Waals surface area contributed by atoms with Crippen molar-refractivity contribution < 1.29 is 13.6 Å². The Kier molecular flexibility index (Phi) is 3.34. The topological polar surface area (TPSA) is 55.1 Å². The average Bonchev–Trinajstić information content (AvgIpc) is 3.11. The number of benzene rings is 1. The van der Waals surface area contributed by atoms with Gasteiger partial charge in [-0.15, -0.1) is 0 Å². The Hall–Kier alpha value is -1.49. The summed E-state index contributed by atoms with van der Waals surface area (Å²) in [6, 6.07) is 2.77. The van der Waals surface area contributed by atoms with Gasteiger partial charge >= 0.3 is 0 Å². The Bertz CT molecular complexity index is 454.